The summed E-state index contributed by atoms with van der Waals surface area (Å²) >= 11 is 1.25. The van der Waals surface area contributed by atoms with Gasteiger partial charge in [-0.25, -0.2) is 9.79 Å². The Labute approximate surface area is 75.9 Å². The van der Waals surface area contributed by atoms with Crippen LogP contribution in [0.4, 0.5) is 0 Å². The van der Waals surface area contributed by atoms with Gasteiger partial charge in [0, 0.05) is 0 Å². The normalized spacial score (nSPS) is 11.0. The topological polar surface area (TPSA) is 64.7 Å². The minimum atomic E-state index is -0.533. The number of esters is 1. The second-order valence-electron chi connectivity index (χ2n) is 1.82. The van der Waals surface area contributed by atoms with Crippen molar-refractivity contribution in [1.82, 2.24) is 0 Å². The van der Waals surface area contributed by atoms with Gasteiger partial charge in [0.25, 0.3) is 0 Å². The monoisotopic (exact) mass is 188 g/mol. The molecule has 0 aliphatic carbocycles. The number of amidine groups is 1. The second-order valence-corrected chi connectivity index (χ2v) is 2.65. The zero-order valence-electron chi connectivity index (χ0n) is 7.16. The van der Waals surface area contributed by atoms with E-state index in [0.717, 1.165) is 0 Å². The lowest BCUT2D eigenvalue weighted by atomic mass is 10.5. The predicted molar refractivity (Wildman–Crippen MR) is 50.9 cm³/mol. The van der Waals surface area contributed by atoms with Crippen molar-refractivity contribution in [1.29, 1.82) is 0 Å². The molecule has 0 aromatic carbocycles. The van der Waals surface area contributed by atoms with E-state index in [1.54, 1.807) is 13.2 Å². The molecule has 0 aliphatic heterocycles. The lowest BCUT2D eigenvalue weighted by molar-refractivity contribution is -0.138. The van der Waals surface area contributed by atoms with Crippen LogP contribution in [0, 0.1) is 0 Å². The first kappa shape index (κ1) is 11.0. The number of rotatable bonds is 3. The molecule has 0 atom stereocenters. The molecule has 0 spiro atoms. The van der Waals surface area contributed by atoms with Crippen LogP contribution in [-0.4, -0.2) is 24.0 Å². The Hall–Kier alpha value is -0.970. The first-order chi connectivity index (χ1) is 5.61. The summed E-state index contributed by atoms with van der Waals surface area (Å²) in [5.74, 6) is -0.533. The SMILES string of the molecule is C=C(N=C(N)SC)C(=O)OCC. The number of carbonyl (C=O) groups is 1. The maximum atomic E-state index is 10.9. The lowest BCUT2D eigenvalue weighted by Gasteiger charge is -2.00. The number of hydrogen-bond acceptors (Lipinski definition) is 4. The van der Waals surface area contributed by atoms with Crippen molar-refractivity contribution >= 4 is 22.9 Å². The van der Waals surface area contributed by atoms with Gasteiger partial charge in [0.1, 0.15) is 5.70 Å². The Bertz CT molecular complexity index is 213. The molecule has 0 aromatic rings. The van der Waals surface area contributed by atoms with E-state index in [1.807, 2.05) is 0 Å². The van der Waals surface area contributed by atoms with Gasteiger partial charge >= 0.3 is 5.97 Å². The van der Waals surface area contributed by atoms with Crippen molar-refractivity contribution in [3.8, 4) is 0 Å². The van der Waals surface area contributed by atoms with Crippen LogP contribution in [-0.2, 0) is 9.53 Å². The summed E-state index contributed by atoms with van der Waals surface area (Å²) in [6.07, 6.45) is 1.76. The molecule has 0 radical (unpaired) electrons. The van der Waals surface area contributed by atoms with Gasteiger partial charge in [0.2, 0.25) is 0 Å². The van der Waals surface area contributed by atoms with Crippen LogP contribution in [0.25, 0.3) is 0 Å². The molecule has 0 unspecified atom stereocenters. The third-order valence-electron chi connectivity index (χ3n) is 0.965. The zero-order valence-corrected chi connectivity index (χ0v) is 7.98. The van der Waals surface area contributed by atoms with Crippen molar-refractivity contribution in [3.63, 3.8) is 0 Å². The predicted octanol–water partition coefficient (Wildman–Crippen LogP) is 0.741. The fraction of sp³-hybridized carbons (Fsp3) is 0.429. The van der Waals surface area contributed by atoms with Crippen LogP contribution in [0.2, 0.25) is 0 Å². The first-order valence-corrected chi connectivity index (χ1v) is 4.58. The summed E-state index contributed by atoms with van der Waals surface area (Å²) in [6, 6.07) is 0. The van der Waals surface area contributed by atoms with Crippen LogP contribution >= 0.6 is 11.8 Å². The number of thioether (sulfide) groups is 1. The second kappa shape index (κ2) is 5.65. The van der Waals surface area contributed by atoms with E-state index in [2.05, 4.69) is 16.3 Å². The van der Waals surface area contributed by atoms with E-state index in [0.29, 0.717) is 11.8 Å². The van der Waals surface area contributed by atoms with Gasteiger partial charge in [0.05, 0.1) is 6.61 Å². The molecule has 0 fully saturated rings. The molecule has 0 saturated heterocycles. The van der Waals surface area contributed by atoms with E-state index in [1.165, 1.54) is 11.8 Å². The van der Waals surface area contributed by atoms with Gasteiger partial charge in [-0.05, 0) is 13.2 Å². The van der Waals surface area contributed by atoms with Crippen LogP contribution in [0.1, 0.15) is 6.92 Å². The molecule has 0 amide bonds. The summed E-state index contributed by atoms with van der Waals surface area (Å²) < 4.78 is 4.64. The number of ether oxygens (including phenoxy) is 1. The van der Waals surface area contributed by atoms with Crippen LogP contribution in [0.3, 0.4) is 0 Å². The largest absolute Gasteiger partial charge is 0.461 e. The molecule has 0 heterocycles. The van der Waals surface area contributed by atoms with E-state index in [4.69, 9.17) is 5.73 Å². The van der Waals surface area contributed by atoms with Crippen molar-refractivity contribution in [2.45, 2.75) is 6.92 Å². The fourth-order valence-electron chi connectivity index (χ4n) is 0.439. The Kier molecular flexibility index (Phi) is 5.19. The summed E-state index contributed by atoms with van der Waals surface area (Å²) in [6.45, 7) is 5.43. The Morgan fingerprint density at radius 1 is 1.75 bits per heavy atom. The highest BCUT2D eigenvalue weighted by atomic mass is 32.2. The average molecular weight is 188 g/mol. The highest BCUT2D eigenvalue weighted by Gasteiger charge is 2.05. The summed E-state index contributed by atoms with van der Waals surface area (Å²) in [5.41, 5.74) is 5.38. The number of nitrogens with two attached hydrogens (primary N) is 1. The number of carbonyl (C=O) groups excluding carboxylic acids is 1. The molecular formula is C7H12N2O2S. The Morgan fingerprint density at radius 3 is 2.75 bits per heavy atom. The highest BCUT2D eigenvalue weighted by molar-refractivity contribution is 8.13. The van der Waals surface area contributed by atoms with E-state index >= 15 is 0 Å². The number of aliphatic imine (C=N–C) groups is 1. The van der Waals surface area contributed by atoms with Crippen molar-refractivity contribution < 1.29 is 9.53 Å². The van der Waals surface area contributed by atoms with E-state index in [9.17, 15) is 4.79 Å². The van der Waals surface area contributed by atoms with Gasteiger partial charge in [-0.2, -0.15) is 0 Å². The molecule has 2 N–H and O–H groups in total. The first-order valence-electron chi connectivity index (χ1n) is 3.36. The smallest absolute Gasteiger partial charge is 0.356 e. The standard InChI is InChI=1S/C7H12N2O2S/c1-4-11-6(10)5(2)9-7(8)12-3/h2,4H2,1,3H3,(H2,8,9). The van der Waals surface area contributed by atoms with Gasteiger partial charge in [-0.15, -0.1) is 0 Å². The molecule has 0 bridgehead atoms. The number of nitrogens with zero attached hydrogens (tertiary/aromatic N) is 1. The quantitative estimate of drug-likeness (QED) is 0.307. The van der Waals surface area contributed by atoms with Gasteiger partial charge < -0.3 is 10.5 Å². The van der Waals surface area contributed by atoms with Gasteiger partial charge in [-0.1, -0.05) is 18.3 Å². The third kappa shape index (κ3) is 4.02. The van der Waals surface area contributed by atoms with Gasteiger partial charge in [-0.3, -0.25) is 0 Å². The lowest BCUT2D eigenvalue weighted by Crippen LogP contribution is -2.10. The number of hydrogen-bond donors (Lipinski definition) is 1. The molecule has 12 heavy (non-hydrogen) atoms. The molecular weight excluding hydrogens is 176 g/mol. The van der Waals surface area contributed by atoms with Crippen LogP contribution < -0.4 is 5.73 Å². The van der Waals surface area contributed by atoms with E-state index < -0.39 is 5.97 Å². The summed E-state index contributed by atoms with van der Waals surface area (Å²) in [7, 11) is 0. The molecule has 5 heteroatoms. The van der Waals surface area contributed by atoms with Crippen molar-refractivity contribution in [2.75, 3.05) is 12.9 Å². The van der Waals surface area contributed by atoms with E-state index in [-0.39, 0.29) is 5.70 Å². The average Bonchev–Trinajstić information content (AvgIpc) is 2.04. The molecule has 0 rings (SSSR count). The van der Waals surface area contributed by atoms with Crippen LogP contribution in [0.5, 0.6) is 0 Å². The zero-order chi connectivity index (χ0) is 9.56. The third-order valence-corrected chi connectivity index (χ3v) is 1.47. The molecule has 0 saturated carbocycles. The fourth-order valence-corrected chi connectivity index (χ4v) is 0.640. The Balaban J connectivity index is 4.12. The van der Waals surface area contributed by atoms with Crippen molar-refractivity contribution in [3.05, 3.63) is 12.3 Å². The Morgan fingerprint density at radius 2 is 2.33 bits per heavy atom. The molecule has 4 nitrogen and oxygen atoms in total. The summed E-state index contributed by atoms with van der Waals surface area (Å²) in [4.78, 5) is 14.6. The summed E-state index contributed by atoms with van der Waals surface area (Å²) in [5, 5.41) is 0.299. The molecule has 0 aliphatic rings. The van der Waals surface area contributed by atoms with Crippen LogP contribution in [0.15, 0.2) is 17.3 Å². The maximum Gasteiger partial charge on any atom is 0.356 e. The van der Waals surface area contributed by atoms with Gasteiger partial charge in [0.15, 0.2) is 5.17 Å². The maximum absolute atomic E-state index is 10.9. The highest BCUT2D eigenvalue weighted by Crippen LogP contribution is 2.00. The minimum Gasteiger partial charge on any atom is -0.461 e. The molecule has 68 valence electrons. The van der Waals surface area contributed by atoms with Crippen molar-refractivity contribution in [2.24, 2.45) is 10.7 Å². The molecule has 0 aromatic heterocycles. The minimum absolute atomic E-state index is 0.0312.